The lowest BCUT2D eigenvalue weighted by Crippen LogP contribution is -2.07. The molecule has 126 valence electrons. The van der Waals surface area contributed by atoms with Gasteiger partial charge in [-0.2, -0.15) is 0 Å². The highest BCUT2D eigenvalue weighted by atomic mass is 15.3. The third-order valence-corrected chi connectivity index (χ3v) is 4.54. The zero-order valence-electron chi connectivity index (χ0n) is 15.0. The quantitative estimate of drug-likeness (QED) is 0.600. The predicted octanol–water partition coefficient (Wildman–Crippen LogP) is 4.51. The lowest BCUT2D eigenvalue weighted by atomic mass is 10.1. The van der Waals surface area contributed by atoms with E-state index in [2.05, 4.69) is 55.3 Å². The molecule has 5 nitrogen and oxygen atoms in total. The van der Waals surface area contributed by atoms with E-state index in [0.717, 1.165) is 40.4 Å². The van der Waals surface area contributed by atoms with Gasteiger partial charge in [-0.15, -0.1) is 10.2 Å². The number of nitrogens with zero attached hydrogens (tertiary/aromatic N) is 4. The van der Waals surface area contributed by atoms with Gasteiger partial charge in [0.25, 0.3) is 0 Å². The summed E-state index contributed by atoms with van der Waals surface area (Å²) in [4.78, 5) is 4.86. The second-order valence-electron chi connectivity index (χ2n) is 6.48. The van der Waals surface area contributed by atoms with Crippen LogP contribution in [0.5, 0.6) is 0 Å². The van der Waals surface area contributed by atoms with E-state index in [1.807, 2.05) is 28.7 Å². The Bertz CT molecular complexity index is 1070. The van der Waals surface area contributed by atoms with Gasteiger partial charge in [-0.25, -0.2) is 9.38 Å². The molecule has 0 amide bonds. The zero-order valence-corrected chi connectivity index (χ0v) is 15.0. The predicted molar refractivity (Wildman–Crippen MR) is 102 cm³/mol. The fourth-order valence-corrected chi connectivity index (χ4v) is 3.44. The van der Waals surface area contributed by atoms with Gasteiger partial charge in [0.05, 0.1) is 5.52 Å². The summed E-state index contributed by atoms with van der Waals surface area (Å²) in [5.74, 6) is 1.66. The number of hydrogen-bond donors (Lipinski definition) is 1. The van der Waals surface area contributed by atoms with Crippen molar-refractivity contribution in [1.82, 2.24) is 19.6 Å². The molecule has 0 fully saturated rings. The number of rotatable bonds is 3. The molecule has 25 heavy (non-hydrogen) atoms. The van der Waals surface area contributed by atoms with Crippen LogP contribution >= 0.6 is 0 Å². The fourth-order valence-electron chi connectivity index (χ4n) is 3.44. The largest absolute Gasteiger partial charge is 0.325 e. The molecule has 0 saturated carbocycles. The molecule has 0 radical (unpaired) electrons. The van der Waals surface area contributed by atoms with E-state index in [-0.39, 0.29) is 0 Å². The van der Waals surface area contributed by atoms with Crippen molar-refractivity contribution < 1.29 is 0 Å². The van der Waals surface area contributed by atoms with Gasteiger partial charge in [0.1, 0.15) is 5.82 Å². The average molecular weight is 331 g/mol. The number of fused-ring (bicyclic) bond motifs is 3. The van der Waals surface area contributed by atoms with Gasteiger partial charge in [0, 0.05) is 17.5 Å². The number of nitrogens with one attached hydrogen (secondary N) is 1. The third-order valence-electron chi connectivity index (χ3n) is 4.54. The van der Waals surface area contributed by atoms with Crippen molar-refractivity contribution in [2.24, 2.45) is 0 Å². The highest BCUT2D eigenvalue weighted by Crippen LogP contribution is 2.28. The Hall–Kier alpha value is -2.95. The van der Waals surface area contributed by atoms with E-state index in [4.69, 9.17) is 4.98 Å². The number of para-hydroxylation sites is 1. The standard InChI is InChI=1S/C20H21N5/c1-5-17-23-24-19-15-8-6-7-9-16(15)21-20(25(17)19)22-18-13(3)10-12(2)11-14(18)4/h6-11H,5H2,1-4H3,(H,21,22). The maximum atomic E-state index is 4.86. The Morgan fingerprint density at radius 3 is 2.44 bits per heavy atom. The minimum Gasteiger partial charge on any atom is -0.325 e. The highest BCUT2D eigenvalue weighted by Gasteiger charge is 2.15. The molecule has 4 aromatic rings. The Kier molecular flexibility index (Phi) is 3.64. The first-order valence-corrected chi connectivity index (χ1v) is 8.56. The number of aromatic nitrogens is 4. The van der Waals surface area contributed by atoms with E-state index >= 15 is 0 Å². The molecule has 0 atom stereocenters. The molecule has 4 rings (SSSR count). The molecule has 2 aromatic heterocycles. The van der Waals surface area contributed by atoms with Gasteiger partial charge < -0.3 is 5.32 Å². The van der Waals surface area contributed by atoms with Gasteiger partial charge in [0.2, 0.25) is 5.95 Å². The summed E-state index contributed by atoms with van der Waals surface area (Å²) >= 11 is 0. The SMILES string of the molecule is CCc1nnc2c3ccccc3nc(Nc3c(C)cc(C)cc3C)n12. The minimum atomic E-state index is 0.755. The number of hydrogen-bond acceptors (Lipinski definition) is 4. The van der Waals surface area contributed by atoms with E-state index < -0.39 is 0 Å². The summed E-state index contributed by atoms with van der Waals surface area (Å²) in [6.45, 7) is 8.43. The summed E-state index contributed by atoms with van der Waals surface area (Å²) in [6, 6.07) is 12.4. The molecular weight excluding hydrogens is 310 g/mol. The van der Waals surface area contributed by atoms with E-state index in [0.29, 0.717) is 0 Å². The van der Waals surface area contributed by atoms with Crippen molar-refractivity contribution in [2.75, 3.05) is 5.32 Å². The van der Waals surface area contributed by atoms with Gasteiger partial charge in [0.15, 0.2) is 5.65 Å². The summed E-state index contributed by atoms with van der Waals surface area (Å²) in [5, 5.41) is 13.3. The molecule has 0 aliphatic carbocycles. The van der Waals surface area contributed by atoms with Crippen LogP contribution in [0.4, 0.5) is 11.6 Å². The first-order chi connectivity index (χ1) is 12.1. The number of aryl methyl sites for hydroxylation is 4. The molecule has 2 heterocycles. The fraction of sp³-hybridized carbons (Fsp3) is 0.250. The van der Waals surface area contributed by atoms with Crippen molar-refractivity contribution in [3.63, 3.8) is 0 Å². The molecule has 0 saturated heterocycles. The monoisotopic (exact) mass is 331 g/mol. The Labute approximate surface area is 146 Å². The zero-order chi connectivity index (χ0) is 17.6. The van der Waals surface area contributed by atoms with E-state index in [1.165, 1.54) is 16.7 Å². The molecular formula is C20H21N5. The summed E-state index contributed by atoms with van der Waals surface area (Å²) in [6.07, 6.45) is 0.793. The Balaban J connectivity index is 1.98. The van der Waals surface area contributed by atoms with Gasteiger partial charge in [-0.1, -0.05) is 36.8 Å². The number of anilines is 2. The number of benzene rings is 2. The summed E-state index contributed by atoms with van der Waals surface area (Å²) in [7, 11) is 0. The van der Waals surface area contributed by atoms with Crippen LogP contribution in [0.25, 0.3) is 16.6 Å². The van der Waals surface area contributed by atoms with Crippen molar-refractivity contribution in [2.45, 2.75) is 34.1 Å². The lowest BCUT2D eigenvalue weighted by molar-refractivity contribution is 0.904. The molecule has 0 aliphatic rings. The maximum absolute atomic E-state index is 4.86. The van der Waals surface area contributed by atoms with Crippen LogP contribution in [-0.4, -0.2) is 19.6 Å². The van der Waals surface area contributed by atoms with Gasteiger partial charge in [-0.05, 0) is 44.0 Å². The Morgan fingerprint density at radius 1 is 1.00 bits per heavy atom. The van der Waals surface area contributed by atoms with Crippen LogP contribution in [-0.2, 0) is 6.42 Å². The van der Waals surface area contributed by atoms with Crippen molar-refractivity contribution in [1.29, 1.82) is 0 Å². The van der Waals surface area contributed by atoms with Crippen LogP contribution in [0.15, 0.2) is 36.4 Å². The van der Waals surface area contributed by atoms with Crippen molar-refractivity contribution >= 4 is 28.2 Å². The Morgan fingerprint density at radius 2 is 1.72 bits per heavy atom. The van der Waals surface area contributed by atoms with Crippen molar-refractivity contribution in [3.8, 4) is 0 Å². The molecule has 0 unspecified atom stereocenters. The topological polar surface area (TPSA) is 55.1 Å². The second-order valence-corrected chi connectivity index (χ2v) is 6.48. The van der Waals surface area contributed by atoms with E-state index in [1.54, 1.807) is 0 Å². The first-order valence-electron chi connectivity index (χ1n) is 8.56. The average Bonchev–Trinajstić information content (AvgIpc) is 3.02. The van der Waals surface area contributed by atoms with Crippen LogP contribution in [0, 0.1) is 20.8 Å². The molecule has 0 spiro atoms. The minimum absolute atomic E-state index is 0.755. The highest BCUT2D eigenvalue weighted by molar-refractivity contribution is 5.92. The van der Waals surface area contributed by atoms with E-state index in [9.17, 15) is 0 Å². The first kappa shape index (κ1) is 15.6. The molecule has 2 aromatic carbocycles. The normalized spacial score (nSPS) is 11.4. The maximum Gasteiger partial charge on any atom is 0.215 e. The van der Waals surface area contributed by atoms with Crippen LogP contribution in [0.1, 0.15) is 29.4 Å². The van der Waals surface area contributed by atoms with Crippen molar-refractivity contribution in [3.05, 3.63) is 58.9 Å². The second kappa shape index (κ2) is 5.84. The van der Waals surface area contributed by atoms with Gasteiger partial charge in [-0.3, -0.25) is 0 Å². The molecule has 0 aliphatic heterocycles. The third kappa shape index (κ3) is 2.52. The van der Waals surface area contributed by atoms with Crippen LogP contribution in [0.3, 0.4) is 0 Å². The van der Waals surface area contributed by atoms with Gasteiger partial charge >= 0.3 is 0 Å². The molecule has 5 heteroatoms. The summed E-state index contributed by atoms with van der Waals surface area (Å²) < 4.78 is 2.03. The summed E-state index contributed by atoms with van der Waals surface area (Å²) in [5.41, 5.74) is 6.50. The van der Waals surface area contributed by atoms with Crippen LogP contribution < -0.4 is 5.32 Å². The molecule has 1 N–H and O–H groups in total. The smallest absolute Gasteiger partial charge is 0.215 e. The van der Waals surface area contributed by atoms with Crippen LogP contribution in [0.2, 0.25) is 0 Å². The lowest BCUT2D eigenvalue weighted by Gasteiger charge is -2.15. The molecule has 0 bridgehead atoms.